The Morgan fingerprint density at radius 1 is 1.40 bits per heavy atom. The molecule has 0 aliphatic heterocycles. The van der Waals surface area contributed by atoms with Crippen molar-refractivity contribution >= 4 is 22.9 Å². The van der Waals surface area contributed by atoms with Gasteiger partial charge in [0.25, 0.3) is 0 Å². The molecule has 90 valence electrons. The summed E-state index contributed by atoms with van der Waals surface area (Å²) in [5, 5.41) is 0. The summed E-state index contributed by atoms with van der Waals surface area (Å²) in [5.74, 6) is 1.50. The Bertz CT molecular complexity index is 177. The van der Waals surface area contributed by atoms with Gasteiger partial charge in [-0.25, -0.2) is 0 Å². The molecule has 0 amide bonds. The van der Waals surface area contributed by atoms with E-state index in [2.05, 4.69) is 60.4 Å². The molecule has 2 atom stereocenters. The second-order valence-electron chi connectivity index (χ2n) is 4.75. The summed E-state index contributed by atoms with van der Waals surface area (Å²) in [6, 6.07) is 0. The van der Waals surface area contributed by atoms with Crippen LogP contribution in [-0.4, -0.2) is 16.7 Å². The topological polar surface area (TPSA) is 3.24 Å². The van der Waals surface area contributed by atoms with Gasteiger partial charge in [0.05, 0.1) is 0 Å². The molecule has 1 unspecified atom stereocenters. The molecular formula is C13H26IN. The Labute approximate surface area is 110 Å². The molecule has 0 N–H and O–H groups in total. The molecule has 0 heterocycles. The van der Waals surface area contributed by atoms with Crippen LogP contribution >= 0.6 is 22.9 Å². The van der Waals surface area contributed by atoms with E-state index in [0.29, 0.717) is 5.92 Å². The van der Waals surface area contributed by atoms with Crippen LogP contribution in [0.25, 0.3) is 0 Å². The zero-order valence-corrected chi connectivity index (χ0v) is 12.9. The lowest BCUT2D eigenvalue weighted by Crippen LogP contribution is -2.15. The van der Waals surface area contributed by atoms with Gasteiger partial charge in [-0.3, -0.25) is 3.11 Å². The maximum absolute atomic E-state index is 4.20. The molecule has 0 radical (unpaired) electrons. The van der Waals surface area contributed by atoms with Crippen LogP contribution in [0.3, 0.4) is 0 Å². The Hall–Kier alpha value is 0.430. The summed E-state index contributed by atoms with van der Waals surface area (Å²) in [6.07, 6.45) is 5.17. The van der Waals surface area contributed by atoms with Crippen molar-refractivity contribution in [3.8, 4) is 0 Å². The standard InChI is InChI=1S/C13H26IN/c1-6-11(2)8-7-9-12(3)13(4)10-15(5)14/h11,13H,3,6-10H2,1-2,4-5H3/t11?,13-/m1/s1. The molecule has 0 aromatic heterocycles. The molecule has 2 heteroatoms. The lowest BCUT2D eigenvalue weighted by atomic mass is 9.94. The summed E-state index contributed by atoms with van der Waals surface area (Å²) >= 11 is 2.34. The first-order valence-corrected chi connectivity index (χ1v) is 6.98. The minimum Gasteiger partial charge on any atom is -0.250 e. The molecule has 15 heavy (non-hydrogen) atoms. The zero-order valence-electron chi connectivity index (χ0n) is 10.7. The minimum absolute atomic E-state index is 0.629. The minimum atomic E-state index is 0.629. The van der Waals surface area contributed by atoms with E-state index in [0.717, 1.165) is 12.5 Å². The smallest absolute Gasteiger partial charge is 0.0198 e. The molecule has 0 saturated heterocycles. The van der Waals surface area contributed by atoms with Gasteiger partial charge in [0.15, 0.2) is 0 Å². The van der Waals surface area contributed by atoms with Crippen LogP contribution in [0, 0.1) is 11.8 Å². The van der Waals surface area contributed by atoms with Crippen molar-refractivity contribution in [3.63, 3.8) is 0 Å². The van der Waals surface area contributed by atoms with E-state index >= 15 is 0 Å². The predicted molar refractivity (Wildman–Crippen MR) is 78.3 cm³/mol. The Morgan fingerprint density at radius 3 is 2.47 bits per heavy atom. The lowest BCUT2D eigenvalue weighted by Gasteiger charge is -2.18. The normalized spacial score (nSPS) is 15.3. The van der Waals surface area contributed by atoms with Gasteiger partial charge in [-0.05, 0) is 31.7 Å². The fourth-order valence-corrected chi connectivity index (χ4v) is 2.23. The Kier molecular flexibility index (Phi) is 8.81. The van der Waals surface area contributed by atoms with Crippen molar-refractivity contribution < 1.29 is 0 Å². The van der Waals surface area contributed by atoms with Crippen LogP contribution in [0.4, 0.5) is 0 Å². The van der Waals surface area contributed by atoms with Gasteiger partial charge in [0.1, 0.15) is 0 Å². The quantitative estimate of drug-likeness (QED) is 0.356. The summed E-state index contributed by atoms with van der Waals surface area (Å²) in [6.45, 7) is 12.2. The van der Waals surface area contributed by atoms with Crippen LogP contribution in [0.2, 0.25) is 0 Å². The van der Waals surface area contributed by atoms with Crippen LogP contribution in [-0.2, 0) is 0 Å². The van der Waals surface area contributed by atoms with Crippen LogP contribution in [0.5, 0.6) is 0 Å². The molecule has 0 rings (SSSR count). The highest BCUT2D eigenvalue weighted by Gasteiger charge is 2.08. The molecular weight excluding hydrogens is 297 g/mol. The summed E-state index contributed by atoms with van der Waals surface area (Å²) in [7, 11) is 2.11. The highest BCUT2D eigenvalue weighted by atomic mass is 127. The van der Waals surface area contributed by atoms with E-state index in [1.807, 2.05) is 0 Å². The van der Waals surface area contributed by atoms with Crippen molar-refractivity contribution in [1.82, 2.24) is 3.11 Å². The predicted octanol–water partition coefficient (Wildman–Crippen LogP) is 4.68. The number of hydrogen-bond donors (Lipinski definition) is 0. The van der Waals surface area contributed by atoms with Gasteiger partial charge in [0, 0.05) is 29.4 Å². The number of rotatable bonds is 8. The molecule has 0 aromatic carbocycles. The first-order chi connectivity index (χ1) is 6.97. The van der Waals surface area contributed by atoms with Gasteiger partial charge in [-0.2, -0.15) is 0 Å². The van der Waals surface area contributed by atoms with Crippen molar-refractivity contribution in [3.05, 3.63) is 12.2 Å². The molecule has 0 aliphatic rings. The lowest BCUT2D eigenvalue weighted by molar-refractivity contribution is 0.467. The van der Waals surface area contributed by atoms with E-state index in [-0.39, 0.29) is 0 Å². The van der Waals surface area contributed by atoms with E-state index in [1.54, 1.807) is 0 Å². The van der Waals surface area contributed by atoms with Gasteiger partial charge >= 0.3 is 0 Å². The third-order valence-corrected chi connectivity index (χ3v) is 3.51. The number of hydrogen-bond acceptors (Lipinski definition) is 1. The maximum atomic E-state index is 4.20. The Morgan fingerprint density at radius 2 is 2.00 bits per heavy atom. The van der Waals surface area contributed by atoms with Crippen LogP contribution < -0.4 is 0 Å². The average molecular weight is 323 g/mol. The van der Waals surface area contributed by atoms with Gasteiger partial charge < -0.3 is 0 Å². The van der Waals surface area contributed by atoms with E-state index in [9.17, 15) is 0 Å². The van der Waals surface area contributed by atoms with Crippen LogP contribution in [0.15, 0.2) is 12.2 Å². The monoisotopic (exact) mass is 323 g/mol. The van der Waals surface area contributed by atoms with Crippen molar-refractivity contribution in [2.24, 2.45) is 11.8 Å². The van der Waals surface area contributed by atoms with E-state index < -0.39 is 0 Å². The second-order valence-corrected chi connectivity index (χ2v) is 6.40. The highest BCUT2D eigenvalue weighted by Crippen LogP contribution is 2.20. The van der Waals surface area contributed by atoms with Crippen LogP contribution in [0.1, 0.15) is 46.5 Å². The zero-order chi connectivity index (χ0) is 11.8. The summed E-state index contributed by atoms with van der Waals surface area (Å²) < 4.78 is 2.21. The van der Waals surface area contributed by atoms with Gasteiger partial charge in [0.2, 0.25) is 0 Å². The summed E-state index contributed by atoms with van der Waals surface area (Å²) in [5.41, 5.74) is 1.42. The molecule has 1 nitrogen and oxygen atoms in total. The first-order valence-electron chi connectivity index (χ1n) is 6.01. The molecule has 0 aliphatic carbocycles. The van der Waals surface area contributed by atoms with Gasteiger partial charge in [-0.1, -0.05) is 45.8 Å². The maximum Gasteiger partial charge on any atom is 0.0198 e. The van der Waals surface area contributed by atoms with Crippen molar-refractivity contribution in [2.75, 3.05) is 13.6 Å². The Balaban J connectivity index is 3.64. The summed E-state index contributed by atoms with van der Waals surface area (Å²) in [4.78, 5) is 0. The number of halogens is 1. The third-order valence-electron chi connectivity index (χ3n) is 3.11. The van der Waals surface area contributed by atoms with Crippen molar-refractivity contribution in [2.45, 2.75) is 46.5 Å². The molecule has 0 spiro atoms. The molecule has 0 aromatic rings. The number of nitrogens with zero attached hydrogens (tertiary/aromatic N) is 1. The fourth-order valence-electron chi connectivity index (χ4n) is 1.63. The van der Waals surface area contributed by atoms with Crippen molar-refractivity contribution in [1.29, 1.82) is 0 Å². The third kappa shape index (κ3) is 8.26. The van der Waals surface area contributed by atoms with E-state index in [1.165, 1.54) is 31.3 Å². The second kappa shape index (κ2) is 8.57. The van der Waals surface area contributed by atoms with Gasteiger partial charge in [-0.15, -0.1) is 0 Å². The van der Waals surface area contributed by atoms with E-state index in [4.69, 9.17) is 0 Å². The largest absolute Gasteiger partial charge is 0.250 e. The molecule has 0 fully saturated rings. The SMILES string of the molecule is C=C(CCCC(C)CC)[C@H](C)CN(C)I. The average Bonchev–Trinajstić information content (AvgIpc) is 2.16. The fraction of sp³-hybridized carbons (Fsp3) is 0.846. The first kappa shape index (κ1) is 15.4. The highest BCUT2D eigenvalue weighted by molar-refractivity contribution is 14.1. The molecule has 0 bridgehead atoms. The molecule has 0 saturated carbocycles.